The lowest BCUT2D eigenvalue weighted by molar-refractivity contribution is -0.156. The van der Waals surface area contributed by atoms with Gasteiger partial charge in [0.15, 0.2) is 17.5 Å². The third-order valence-corrected chi connectivity index (χ3v) is 7.65. The van der Waals surface area contributed by atoms with E-state index in [4.69, 9.17) is 21.2 Å². The Labute approximate surface area is 185 Å². The number of ether oxygens (including phenoxy) is 1. The molecule has 1 amide bonds. The zero-order valence-electron chi connectivity index (χ0n) is 16.3. The summed E-state index contributed by atoms with van der Waals surface area (Å²) in [5.74, 6) is -3.09. The summed E-state index contributed by atoms with van der Waals surface area (Å²) >= 11 is 7.25. The van der Waals surface area contributed by atoms with Crippen molar-refractivity contribution in [2.24, 2.45) is 5.16 Å². The monoisotopic (exact) mass is 470 g/mol. The van der Waals surface area contributed by atoms with E-state index in [1.165, 1.54) is 22.7 Å². The maximum Gasteiger partial charge on any atom is 0.339 e. The Kier molecular flexibility index (Phi) is 5.42. The number of halogens is 1. The molecule has 3 N–H and O–H groups in total. The Morgan fingerprint density at radius 2 is 2.13 bits per heavy atom. The lowest BCUT2D eigenvalue weighted by Gasteiger charge is -2.36. The number of aliphatic carboxylic acids is 1. The van der Waals surface area contributed by atoms with Crippen LogP contribution in [0.2, 0.25) is 5.02 Å². The minimum absolute atomic E-state index is 0.0241. The predicted molar refractivity (Wildman–Crippen MR) is 109 cm³/mol. The summed E-state index contributed by atoms with van der Waals surface area (Å²) in [5, 5.41) is 32.3. The van der Waals surface area contributed by atoms with Gasteiger partial charge in [0.2, 0.25) is 5.91 Å². The second-order valence-electron chi connectivity index (χ2n) is 7.61. The maximum absolute atomic E-state index is 12.2. The number of fused-ring (bicyclic) bond motifs is 1. The summed E-state index contributed by atoms with van der Waals surface area (Å²) in [6.07, 6.45) is 0.542. The van der Waals surface area contributed by atoms with Gasteiger partial charge in [-0.15, -0.1) is 11.8 Å². The number of esters is 1. The molecule has 3 aliphatic heterocycles. The van der Waals surface area contributed by atoms with Crippen LogP contribution in [0.3, 0.4) is 0 Å². The smallest absolute Gasteiger partial charge is 0.339 e. The molecule has 1 aromatic rings. The fraction of sp³-hybridized carbons (Fsp3) is 0.474. The van der Waals surface area contributed by atoms with E-state index in [1.807, 2.05) is 0 Å². The van der Waals surface area contributed by atoms with E-state index in [0.29, 0.717) is 25.0 Å². The Balaban J connectivity index is 1.33. The van der Waals surface area contributed by atoms with E-state index in [0.717, 1.165) is 6.07 Å². The highest BCUT2D eigenvalue weighted by atomic mass is 35.5. The van der Waals surface area contributed by atoms with Crippen molar-refractivity contribution in [1.82, 2.24) is 4.90 Å². The van der Waals surface area contributed by atoms with Crippen LogP contribution in [0.5, 0.6) is 11.5 Å². The summed E-state index contributed by atoms with van der Waals surface area (Å²) in [4.78, 5) is 42.7. The largest absolute Gasteiger partial charge is 0.504 e. The topological polar surface area (TPSA) is 146 Å². The number of nitrogens with zero attached hydrogens (tertiary/aromatic N) is 2. The van der Waals surface area contributed by atoms with Crippen molar-refractivity contribution in [3.8, 4) is 11.5 Å². The van der Waals surface area contributed by atoms with Crippen molar-refractivity contribution in [3.63, 3.8) is 0 Å². The van der Waals surface area contributed by atoms with Gasteiger partial charge in [-0.1, -0.05) is 16.8 Å². The van der Waals surface area contributed by atoms with Crippen molar-refractivity contribution in [1.29, 1.82) is 0 Å². The molecule has 12 heteroatoms. The lowest BCUT2D eigenvalue weighted by atomic mass is 9.89. The van der Waals surface area contributed by atoms with Crippen molar-refractivity contribution < 1.29 is 39.3 Å². The highest BCUT2D eigenvalue weighted by Gasteiger charge is 2.63. The fourth-order valence-electron chi connectivity index (χ4n) is 3.95. The van der Waals surface area contributed by atoms with Gasteiger partial charge >= 0.3 is 11.9 Å². The summed E-state index contributed by atoms with van der Waals surface area (Å²) in [6.45, 7) is 1.73. The second kappa shape index (κ2) is 7.79. The highest BCUT2D eigenvalue weighted by molar-refractivity contribution is 8.02. The number of hydrogen-bond donors (Lipinski definition) is 3. The SMILES string of the molecule is C[C@@]1(C2=NOC(CCOC(=O)c3ccc(O)c(O)c3Cl)C2)S[C@@H]2CC(=O)N2[C@H]1C(=O)O. The van der Waals surface area contributed by atoms with Gasteiger partial charge in [-0.25, -0.2) is 9.59 Å². The van der Waals surface area contributed by atoms with Crippen LogP contribution < -0.4 is 0 Å². The lowest BCUT2D eigenvalue weighted by Crippen LogP contribution is -2.58. The van der Waals surface area contributed by atoms with Crippen LogP contribution in [0.25, 0.3) is 0 Å². The van der Waals surface area contributed by atoms with Crippen LogP contribution in [-0.2, 0) is 19.2 Å². The number of thioether (sulfide) groups is 1. The fourth-order valence-corrected chi connectivity index (χ4v) is 5.93. The molecule has 0 radical (unpaired) electrons. The molecular formula is C19H19ClN2O8S. The number of aromatic hydroxyl groups is 2. The van der Waals surface area contributed by atoms with E-state index < -0.39 is 40.3 Å². The number of phenolic OH excluding ortho intramolecular Hbond substituents is 2. The van der Waals surface area contributed by atoms with Crippen LogP contribution in [0, 0.1) is 0 Å². The Hall–Kier alpha value is -2.66. The number of carbonyl (C=O) groups is 3. The molecule has 0 aliphatic carbocycles. The van der Waals surface area contributed by atoms with Crippen LogP contribution in [-0.4, -0.2) is 72.7 Å². The molecule has 4 rings (SSSR count). The Morgan fingerprint density at radius 3 is 2.81 bits per heavy atom. The summed E-state index contributed by atoms with van der Waals surface area (Å²) in [5.41, 5.74) is 0.463. The normalized spacial score (nSPS) is 29.1. The van der Waals surface area contributed by atoms with Crippen LogP contribution >= 0.6 is 23.4 Å². The number of phenols is 2. The maximum atomic E-state index is 12.2. The van der Waals surface area contributed by atoms with Gasteiger partial charge in [-0.2, -0.15) is 0 Å². The quantitative estimate of drug-likeness (QED) is 0.322. The molecule has 0 aromatic heterocycles. The minimum atomic E-state index is -1.08. The summed E-state index contributed by atoms with van der Waals surface area (Å²) in [6, 6.07) is 1.36. The Morgan fingerprint density at radius 1 is 1.39 bits per heavy atom. The molecule has 3 aliphatic rings. The van der Waals surface area contributed by atoms with Gasteiger partial charge in [0, 0.05) is 12.8 Å². The molecule has 1 aromatic carbocycles. The number of rotatable bonds is 6. The van der Waals surface area contributed by atoms with Crippen molar-refractivity contribution in [3.05, 3.63) is 22.7 Å². The Bertz CT molecular complexity index is 1000. The first-order chi connectivity index (χ1) is 14.6. The molecule has 0 spiro atoms. The standard InChI is InChI=1S/C19H19ClN2O8S/c1-19(16(17(26)27)22-12(24)7-13(22)31-19)11-6-8(30-21-11)4-5-29-18(28)9-2-3-10(23)15(25)14(9)20/h2-3,8,13,16,23,25H,4-7H2,1H3,(H,26,27)/t8?,13-,16+,19+/m1/s1. The summed E-state index contributed by atoms with van der Waals surface area (Å²) < 4.78 is 4.27. The average molecular weight is 471 g/mol. The number of benzene rings is 1. The first-order valence-corrected chi connectivity index (χ1v) is 10.7. The number of hydrogen-bond acceptors (Lipinski definition) is 9. The zero-order chi connectivity index (χ0) is 22.5. The van der Waals surface area contributed by atoms with Gasteiger partial charge < -0.3 is 29.8 Å². The highest BCUT2D eigenvalue weighted by Crippen LogP contribution is 2.52. The first-order valence-electron chi connectivity index (χ1n) is 9.46. The minimum Gasteiger partial charge on any atom is -0.504 e. The number of amides is 1. The third kappa shape index (κ3) is 3.55. The van der Waals surface area contributed by atoms with Gasteiger partial charge in [-0.05, 0) is 19.1 Å². The van der Waals surface area contributed by atoms with Crippen molar-refractivity contribution >= 4 is 46.9 Å². The van der Waals surface area contributed by atoms with E-state index in [1.54, 1.807) is 6.92 Å². The molecule has 1 unspecified atom stereocenters. The van der Waals surface area contributed by atoms with Crippen molar-refractivity contribution in [2.75, 3.05) is 6.61 Å². The van der Waals surface area contributed by atoms with Gasteiger partial charge in [-0.3, -0.25) is 4.79 Å². The van der Waals surface area contributed by atoms with Crippen LogP contribution in [0.15, 0.2) is 17.3 Å². The average Bonchev–Trinajstić information content (AvgIpc) is 3.27. The molecule has 0 saturated carbocycles. The van der Waals surface area contributed by atoms with E-state index in [-0.39, 0.29) is 28.5 Å². The molecule has 31 heavy (non-hydrogen) atoms. The predicted octanol–water partition coefficient (Wildman–Crippen LogP) is 1.96. The number of oxime groups is 1. The van der Waals surface area contributed by atoms with Crippen LogP contribution in [0.4, 0.5) is 0 Å². The number of carboxylic acids is 1. The molecule has 166 valence electrons. The first kappa shape index (κ1) is 21.6. The molecule has 2 saturated heterocycles. The van der Waals surface area contributed by atoms with Gasteiger partial charge in [0.25, 0.3) is 0 Å². The number of carboxylic acid groups (broad SMARTS) is 1. The molecule has 4 atom stereocenters. The molecule has 10 nitrogen and oxygen atoms in total. The summed E-state index contributed by atoms with van der Waals surface area (Å²) in [7, 11) is 0. The zero-order valence-corrected chi connectivity index (χ0v) is 17.9. The van der Waals surface area contributed by atoms with Gasteiger partial charge in [0.05, 0.1) is 34.4 Å². The second-order valence-corrected chi connectivity index (χ2v) is 9.62. The molecule has 2 fully saturated rings. The number of carbonyl (C=O) groups excluding carboxylic acids is 2. The van der Waals surface area contributed by atoms with E-state index in [9.17, 15) is 29.7 Å². The number of β-lactam (4-membered cyclic amide) rings is 1. The third-order valence-electron chi connectivity index (χ3n) is 5.66. The molecular weight excluding hydrogens is 452 g/mol. The van der Waals surface area contributed by atoms with Gasteiger partial charge in [0.1, 0.15) is 11.1 Å². The van der Waals surface area contributed by atoms with Crippen molar-refractivity contribution in [2.45, 2.75) is 48.5 Å². The van der Waals surface area contributed by atoms with E-state index >= 15 is 0 Å². The van der Waals surface area contributed by atoms with Crippen LogP contribution in [0.1, 0.15) is 36.5 Å². The molecule has 0 bridgehead atoms. The molecule has 3 heterocycles. The van der Waals surface area contributed by atoms with E-state index in [2.05, 4.69) is 5.16 Å².